The standard InChI is InChI=1S/2C18H15P.C6H5.Pd/c2*1-4-10-16(11-5-1)19(17-12-6-2-7-13-17)18-14-8-3-9-15-18;1-2-4-6-5-3-1;/h2*1-15H;1-5H;/q;;-1;/p+2. The summed E-state index contributed by atoms with van der Waals surface area (Å²) in [6.07, 6.45) is 0. The summed E-state index contributed by atoms with van der Waals surface area (Å²) in [7, 11) is -1.75. The smallest absolute Gasteiger partial charge is 0.102 e. The van der Waals surface area contributed by atoms with Gasteiger partial charge in [0.1, 0.15) is 31.8 Å². The molecular weight excluding hydrogens is 673 g/mol. The Labute approximate surface area is 285 Å². The molecule has 3 heteroatoms. The van der Waals surface area contributed by atoms with E-state index >= 15 is 0 Å². The van der Waals surface area contributed by atoms with Crippen molar-refractivity contribution < 1.29 is 20.4 Å². The van der Waals surface area contributed by atoms with E-state index < -0.39 is 15.8 Å². The molecule has 0 bridgehead atoms. The summed E-state index contributed by atoms with van der Waals surface area (Å²) < 4.78 is 0. The molecule has 0 atom stereocenters. The number of benzene rings is 7. The summed E-state index contributed by atoms with van der Waals surface area (Å²) in [5, 5.41) is 8.61. The van der Waals surface area contributed by atoms with Crippen LogP contribution in [0.1, 0.15) is 0 Å². The number of rotatable bonds is 6. The Bertz CT molecular complexity index is 1390. The van der Waals surface area contributed by atoms with Gasteiger partial charge in [-0.25, -0.2) is 0 Å². The molecule has 0 unspecified atom stereocenters. The maximum absolute atomic E-state index is 2.89. The Morgan fingerprint density at radius 3 is 0.556 bits per heavy atom. The van der Waals surface area contributed by atoms with Crippen LogP contribution >= 0.6 is 15.8 Å². The van der Waals surface area contributed by atoms with Gasteiger partial charge in [-0.3, -0.25) is 0 Å². The van der Waals surface area contributed by atoms with E-state index in [0.29, 0.717) is 0 Å². The van der Waals surface area contributed by atoms with Gasteiger partial charge in [-0.15, -0.1) is 0 Å². The van der Waals surface area contributed by atoms with E-state index in [4.69, 9.17) is 0 Å². The average molecular weight is 710 g/mol. The third kappa shape index (κ3) is 10.6. The molecule has 0 aliphatic carbocycles. The predicted octanol–water partition coefficient (Wildman–Crippen LogP) is 7.84. The molecule has 0 nitrogen and oxygen atoms in total. The Balaban J connectivity index is 0.000000170. The third-order valence-electron chi connectivity index (χ3n) is 6.98. The van der Waals surface area contributed by atoms with Crippen molar-refractivity contribution in [2.75, 3.05) is 0 Å². The molecule has 0 aliphatic rings. The van der Waals surface area contributed by atoms with Crippen LogP contribution in [0.2, 0.25) is 0 Å². The summed E-state index contributed by atoms with van der Waals surface area (Å²) in [6, 6.07) is 77.5. The first-order chi connectivity index (χ1) is 21.9. The van der Waals surface area contributed by atoms with Crippen molar-refractivity contribution >= 4 is 47.7 Å². The molecule has 0 N–H and O–H groups in total. The topological polar surface area (TPSA) is 0 Å². The fourth-order valence-corrected chi connectivity index (χ4v) is 10.1. The van der Waals surface area contributed by atoms with E-state index in [-0.39, 0.29) is 20.4 Å². The van der Waals surface area contributed by atoms with E-state index in [2.05, 4.69) is 188 Å². The Kier molecular flexibility index (Phi) is 14.7. The molecule has 0 fully saturated rings. The summed E-state index contributed by atoms with van der Waals surface area (Å²) >= 11 is 0. The minimum Gasteiger partial charge on any atom is -0.184 e. The van der Waals surface area contributed by atoms with Crippen LogP contribution in [0.25, 0.3) is 0 Å². The monoisotopic (exact) mass is 709 g/mol. The summed E-state index contributed by atoms with van der Waals surface area (Å²) in [5.74, 6) is 0. The molecule has 0 saturated heterocycles. The van der Waals surface area contributed by atoms with Crippen LogP contribution in [0.15, 0.2) is 212 Å². The van der Waals surface area contributed by atoms with Gasteiger partial charge in [0.25, 0.3) is 0 Å². The van der Waals surface area contributed by atoms with Gasteiger partial charge < -0.3 is 0 Å². The molecule has 0 heterocycles. The van der Waals surface area contributed by atoms with Gasteiger partial charge in [0, 0.05) is 20.4 Å². The Morgan fingerprint density at radius 1 is 0.244 bits per heavy atom. The van der Waals surface area contributed by atoms with Gasteiger partial charge in [-0.05, 0) is 72.8 Å². The molecule has 0 saturated carbocycles. The second-order valence-corrected chi connectivity index (χ2v) is 15.0. The summed E-state index contributed by atoms with van der Waals surface area (Å²) in [5.41, 5.74) is 0. The van der Waals surface area contributed by atoms with Crippen LogP contribution < -0.4 is 31.8 Å². The van der Waals surface area contributed by atoms with Crippen LogP contribution in [0, 0.1) is 6.07 Å². The quantitative estimate of drug-likeness (QED) is 0.0939. The van der Waals surface area contributed by atoms with Gasteiger partial charge >= 0.3 is 0 Å². The first-order valence-electron chi connectivity index (χ1n) is 14.9. The van der Waals surface area contributed by atoms with E-state index in [1.54, 1.807) is 0 Å². The third-order valence-corrected chi connectivity index (χ3v) is 12.4. The van der Waals surface area contributed by atoms with Crippen molar-refractivity contribution in [1.82, 2.24) is 0 Å². The molecule has 0 aromatic heterocycles. The molecule has 0 spiro atoms. The van der Waals surface area contributed by atoms with Crippen molar-refractivity contribution in [3.05, 3.63) is 218 Å². The minimum atomic E-state index is -0.877. The predicted molar refractivity (Wildman–Crippen MR) is 198 cm³/mol. The van der Waals surface area contributed by atoms with E-state index in [9.17, 15) is 0 Å². The maximum Gasteiger partial charge on any atom is 0.102 e. The zero-order valence-electron chi connectivity index (χ0n) is 25.0. The largest absolute Gasteiger partial charge is 0.184 e. The summed E-state index contributed by atoms with van der Waals surface area (Å²) in [6.45, 7) is 0. The minimum absolute atomic E-state index is 0. The molecule has 224 valence electrons. The van der Waals surface area contributed by atoms with Crippen LogP contribution in [0.4, 0.5) is 0 Å². The van der Waals surface area contributed by atoms with Crippen LogP contribution in [-0.4, -0.2) is 0 Å². The van der Waals surface area contributed by atoms with E-state index in [1.807, 2.05) is 30.3 Å². The summed E-state index contributed by atoms with van der Waals surface area (Å²) in [4.78, 5) is 0. The average Bonchev–Trinajstić information content (AvgIpc) is 3.13. The van der Waals surface area contributed by atoms with Gasteiger partial charge in [0.05, 0.1) is 15.8 Å². The fraction of sp³-hybridized carbons (Fsp3) is 0. The first-order valence-corrected chi connectivity index (χ1v) is 17.9. The normalized spacial score (nSPS) is 10.0. The first kappa shape index (κ1) is 33.9. The molecule has 7 rings (SSSR count). The zero-order valence-corrected chi connectivity index (χ0v) is 28.6. The molecule has 0 aliphatic heterocycles. The van der Waals surface area contributed by atoms with Crippen molar-refractivity contribution in [2.45, 2.75) is 0 Å². The van der Waals surface area contributed by atoms with Gasteiger partial charge in [-0.1, -0.05) is 109 Å². The second kappa shape index (κ2) is 19.4. The zero-order chi connectivity index (χ0) is 30.1. The van der Waals surface area contributed by atoms with Crippen molar-refractivity contribution in [1.29, 1.82) is 0 Å². The van der Waals surface area contributed by atoms with Crippen LogP contribution in [0.5, 0.6) is 0 Å². The van der Waals surface area contributed by atoms with E-state index in [1.165, 1.54) is 31.8 Å². The van der Waals surface area contributed by atoms with Crippen molar-refractivity contribution in [2.24, 2.45) is 0 Å². The fourth-order valence-electron chi connectivity index (χ4n) is 4.97. The molecule has 45 heavy (non-hydrogen) atoms. The van der Waals surface area contributed by atoms with Crippen molar-refractivity contribution in [3.63, 3.8) is 0 Å². The van der Waals surface area contributed by atoms with Crippen LogP contribution in [0.3, 0.4) is 0 Å². The van der Waals surface area contributed by atoms with Gasteiger partial charge in [0.2, 0.25) is 0 Å². The van der Waals surface area contributed by atoms with Crippen LogP contribution in [-0.2, 0) is 20.4 Å². The molecular formula is C42H37P2Pd+. The van der Waals surface area contributed by atoms with Gasteiger partial charge in [-0.2, -0.15) is 36.4 Å². The number of hydrogen-bond donors (Lipinski definition) is 0. The van der Waals surface area contributed by atoms with Gasteiger partial charge in [0.15, 0.2) is 0 Å². The molecule has 7 aromatic carbocycles. The molecule has 0 radical (unpaired) electrons. The molecule has 0 amide bonds. The van der Waals surface area contributed by atoms with E-state index in [0.717, 1.165) is 0 Å². The second-order valence-electron chi connectivity index (χ2n) is 10.0. The maximum atomic E-state index is 2.89. The number of hydrogen-bond acceptors (Lipinski definition) is 0. The Hall–Kier alpha value is -3.94. The molecule has 7 aromatic rings. The Morgan fingerprint density at radius 2 is 0.422 bits per heavy atom. The SMILES string of the molecule is [Pd].[c-]1ccccc1.c1ccc([PH+](c2ccccc2)c2ccccc2)cc1.c1ccc([PH+](c2ccccc2)c2ccccc2)cc1. The van der Waals surface area contributed by atoms with Crippen molar-refractivity contribution in [3.8, 4) is 0 Å².